The number of allylic oxidation sites excluding steroid dienone is 1. The molecule has 2 aromatic carbocycles. The lowest BCUT2D eigenvalue weighted by molar-refractivity contribution is 1.12. The van der Waals surface area contributed by atoms with E-state index < -0.39 is 0 Å². The average Bonchev–Trinajstić information content (AvgIpc) is 2.91. The zero-order valence-electron chi connectivity index (χ0n) is 11.8. The summed E-state index contributed by atoms with van der Waals surface area (Å²) in [5, 5.41) is 2.34. The quantitative estimate of drug-likeness (QED) is 0.699. The van der Waals surface area contributed by atoms with Crippen LogP contribution >= 0.6 is 15.9 Å². The molecule has 2 nitrogen and oxygen atoms in total. The van der Waals surface area contributed by atoms with E-state index in [-0.39, 0.29) is 0 Å². The Balaban J connectivity index is 2.41. The minimum atomic E-state index is 0.960. The maximum absolute atomic E-state index is 4.48. The largest absolute Gasteiger partial charge is 0.298 e. The molecule has 0 amide bonds. The summed E-state index contributed by atoms with van der Waals surface area (Å²) in [5.41, 5.74) is 3.06. The van der Waals surface area contributed by atoms with Crippen LogP contribution in [-0.4, -0.2) is 9.55 Å². The fourth-order valence-corrected chi connectivity index (χ4v) is 2.85. The van der Waals surface area contributed by atoms with Crippen molar-refractivity contribution in [3.8, 4) is 0 Å². The summed E-state index contributed by atoms with van der Waals surface area (Å²) in [7, 11) is 0. The lowest BCUT2D eigenvalue weighted by Crippen LogP contribution is -2.27. The first-order valence-corrected chi connectivity index (χ1v) is 7.55. The van der Waals surface area contributed by atoms with Crippen LogP contribution in [0.5, 0.6) is 0 Å². The number of rotatable bonds is 2. The normalized spacial score (nSPS) is 13.5. The highest BCUT2D eigenvalue weighted by Crippen LogP contribution is 2.20. The van der Waals surface area contributed by atoms with Crippen molar-refractivity contribution in [2.45, 2.75) is 6.92 Å². The Labute approximate surface area is 131 Å². The molecule has 3 aromatic rings. The Morgan fingerprint density at radius 3 is 2.81 bits per heavy atom. The Morgan fingerprint density at radius 1 is 1.24 bits per heavy atom. The molecular formula is C18H15BrN2. The lowest BCUT2D eigenvalue weighted by atomic mass is 10.2. The van der Waals surface area contributed by atoms with Crippen molar-refractivity contribution in [2.24, 2.45) is 0 Å². The van der Waals surface area contributed by atoms with Gasteiger partial charge in [-0.2, -0.15) is 0 Å². The molecule has 0 unspecified atom stereocenters. The number of nitrogens with zero attached hydrogens (tertiary/aromatic N) is 2. The zero-order chi connectivity index (χ0) is 14.8. The second kappa shape index (κ2) is 5.70. The molecule has 0 saturated heterocycles. The van der Waals surface area contributed by atoms with Crippen LogP contribution in [0.15, 0.2) is 65.9 Å². The molecule has 1 aromatic heterocycles. The summed E-state index contributed by atoms with van der Waals surface area (Å²) < 4.78 is 3.11. The maximum atomic E-state index is 4.48. The summed E-state index contributed by atoms with van der Waals surface area (Å²) in [5.74, 6) is 0. The number of hydrogen-bond donors (Lipinski definition) is 0. The van der Waals surface area contributed by atoms with Gasteiger partial charge < -0.3 is 0 Å². The van der Waals surface area contributed by atoms with E-state index in [0.29, 0.717) is 0 Å². The summed E-state index contributed by atoms with van der Waals surface area (Å²) in [4.78, 5) is 4.48. The molecule has 0 saturated carbocycles. The van der Waals surface area contributed by atoms with Gasteiger partial charge in [-0.1, -0.05) is 52.9 Å². The van der Waals surface area contributed by atoms with E-state index in [4.69, 9.17) is 0 Å². The molecule has 0 radical (unpaired) electrons. The molecule has 3 rings (SSSR count). The van der Waals surface area contributed by atoms with E-state index in [2.05, 4.69) is 56.3 Å². The fraction of sp³-hybridized carbons (Fsp3) is 0.0556. The number of imidazole rings is 1. The minimum Gasteiger partial charge on any atom is -0.298 e. The van der Waals surface area contributed by atoms with Gasteiger partial charge in [-0.15, -0.1) is 0 Å². The summed E-state index contributed by atoms with van der Waals surface area (Å²) in [6.45, 7) is 6.03. The molecule has 0 aliphatic heterocycles. The van der Waals surface area contributed by atoms with Crippen molar-refractivity contribution < 1.29 is 0 Å². The number of hydrogen-bond acceptors (Lipinski definition) is 1. The first-order chi connectivity index (χ1) is 10.2. The van der Waals surface area contributed by atoms with Gasteiger partial charge in [-0.3, -0.25) is 4.57 Å². The van der Waals surface area contributed by atoms with Crippen LogP contribution < -0.4 is 10.4 Å². The Kier molecular flexibility index (Phi) is 3.76. The first kappa shape index (κ1) is 13.8. The average molecular weight is 339 g/mol. The van der Waals surface area contributed by atoms with Gasteiger partial charge in [0.15, 0.2) is 0 Å². The molecule has 0 spiro atoms. The number of halogens is 1. The maximum Gasteiger partial charge on any atom is 0.100 e. The van der Waals surface area contributed by atoms with Gasteiger partial charge in [0.2, 0.25) is 0 Å². The third-order valence-corrected chi connectivity index (χ3v) is 4.00. The lowest BCUT2D eigenvalue weighted by Gasteiger charge is -2.06. The van der Waals surface area contributed by atoms with Crippen molar-refractivity contribution in [3.63, 3.8) is 0 Å². The van der Waals surface area contributed by atoms with Crippen LogP contribution in [0, 0.1) is 0 Å². The van der Waals surface area contributed by atoms with Crippen LogP contribution in [0.25, 0.3) is 22.8 Å². The molecule has 0 aliphatic rings. The first-order valence-electron chi connectivity index (χ1n) is 6.75. The van der Waals surface area contributed by atoms with E-state index >= 15 is 0 Å². The van der Waals surface area contributed by atoms with E-state index in [1.165, 1.54) is 5.22 Å². The van der Waals surface area contributed by atoms with Crippen molar-refractivity contribution in [1.29, 1.82) is 0 Å². The van der Waals surface area contributed by atoms with E-state index in [1.54, 1.807) is 0 Å². The molecule has 0 bridgehead atoms. The molecule has 104 valence electrons. The van der Waals surface area contributed by atoms with Gasteiger partial charge in [0.05, 0.1) is 16.7 Å². The molecule has 1 heterocycles. The second-order valence-corrected chi connectivity index (χ2v) is 5.63. The molecule has 0 aliphatic carbocycles. The van der Waals surface area contributed by atoms with Crippen LogP contribution in [0.2, 0.25) is 0 Å². The number of benzene rings is 2. The Bertz CT molecular complexity index is 935. The summed E-state index contributed by atoms with van der Waals surface area (Å²) >= 11 is 3.48. The highest BCUT2D eigenvalue weighted by atomic mass is 79.9. The molecule has 0 N–H and O–H groups in total. The molecular weight excluding hydrogens is 324 g/mol. The zero-order valence-corrected chi connectivity index (χ0v) is 13.3. The minimum absolute atomic E-state index is 0.960. The number of fused-ring (bicyclic) bond motifs is 1. The fourth-order valence-electron chi connectivity index (χ4n) is 2.50. The van der Waals surface area contributed by atoms with E-state index in [9.17, 15) is 0 Å². The predicted molar refractivity (Wildman–Crippen MR) is 92.3 cm³/mol. The van der Waals surface area contributed by atoms with Crippen molar-refractivity contribution >= 4 is 38.7 Å². The molecule has 0 fully saturated rings. The van der Waals surface area contributed by atoms with Gasteiger partial charge in [0, 0.05) is 9.69 Å². The van der Waals surface area contributed by atoms with Crippen LogP contribution in [0.3, 0.4) is 0 Å². The topological polar surface area (TPSA) is 17.8 Å². The molecule has 21 heavy (non-hydrogen) atoms. The highest BCUT2D eigenvalue weighted by molar-refractivity contribution is 9.10. The highest BCUT2D eigenvalue weighted by Gasteiger charge is 2.06. The monoisotopic (exact) mass is 338 g/mol. The van der Waals surface area contributed by atoms with Gasteiger partial charge in [0.1, 0.15) is 6.33 Å². The Hall–Kier alpha value is -2.13. The summed E-state index contributed by atoms with van der Waals surface area (Å²) in [6.07, 6.45) is 5.83. The number of aromatic nitrogens is 2. The van der Waals surface area contributed by atoms with Crippen LogP contribution in [-0.2, 0) is 0 Å². The third-order valence-electron chi connectivity index (χ3n) is 3.51. The van der Waals surface area contributed by atoms with E-state index in [0.717, 1.165) is 26.4 Å². The van der Waals surface area contributed by atoms with E-state index in [1.807, 2.05) is 43.6 Å². The van der Waals surface area contributed by atoms with Crippen molar-refractivity contribution in [1.82, 2.24) is 9.55 Å². The van der Waals surface area contributed by atoms with Crippen molar-refractivity contribution in [2.75, 3.05) is 0 Å². The van der Waals surface area contributed by atoms with Gasteiger partial charge in [-0.05, 0) is 36.4 Å². The van der Waals surface area contributed by atoms with Crippen LogP contribution in [0.1, 0.15) is 6.92 Å². The SMILES string of the molecule is C=C/C(=c1/cccc/c1=C/C)n1cnc2cc(Br)ccc21. The second-order valence-electron chi connectivity index (χ2n) is 4.71. The smallest absolute Gasteiger partial charge is 0.100 e. The third kappa shape index (κ3) is 2.45. The standard InChI is InChI=1S/C18H15BrN2/c1-3-13-7-5-6-8-15(13)17(4-2)21-12-20-16-11-14(19)9-10-18(16)21/h3-12H,2H2,1H3/b13-3-,17-15+. The molecule has 0 atom stereocenters. The summed E-state index contributed by atoms with van der Waals surface area (Å²) in [6, 6.07) is 14.4. The van der Waals surface area contributed by atoms with Gasteiger partial charge >= 0.3 is 0 Å². The van der Waals surface area contributed by atoms with Crippen LogP contribution in [0.4, 0.5) is 0 Å². The Morgan fingerprint density at radius 2 is 2.05 bits per heavy atom. The predicted octanol–water partition coefficient (Wildman–Crippen LogP) is 3.44. The molecule has 3 heteroatoms. The van der Waals surface area contributed by atoms with Gasteiger partial charge in [-0.25, -0.2) is 4.98 Å². The van der Waals surface area contributed by atoms with Gasteiger partial charge in [0.25, 0.3) is 0 Å². The van der Waals surface area contributed by atoms with Crippen molar-refractivity contribution in [3.05, 3.63) is 76.4 Å².